The maximum absolute atomic E-state index is 18.4. The molecule has 0 heterocycles. The van der Waals surface area contributed by atoms with Crippen LogP contribution in [0.3, 0.4) is 0 Å². The van der Waals surface area contributed by atoms with Gasteiger partial charge in [-0.15, -0.1) is 0 Å². The van der Waals surface area contributed by atoms with Crippen LogP contribution in [0.4, 0.5) is 4.39 Å². The molecular weight excluding hydrogens is 555 g/mol. The average Bonchev–Trinajstić information content (AvgIpc) is 3.18. The molecule has 0 unspecified atom stereocenters. The second kappa shape index (κ2) is 12.3. The second-order valence-corrected chi connectivity index (χ2v) is 13.3. The van der Waals surface area contributed by atoms with Gasteiger partial charge >= 0.3 is 17.9 Å². The van der Waals surface area contributed by atoms with Crippen molar-refractivity contribution < 1.29 is 42.6 Å². The number of ketones is 2. The molecule has 0 radical (unpaired) electrons. The van der Waals surface area contributed by atoms with Crippen LogP contribution >= 0.6 is 0 Å². The maximum Gasteiger partial charge on any atom is 0.306 e. The van der Waals surface area contributed by atoms with Gasteiger partial charge in [-0.1, -0.05) is 59.1 Å². The molecule has 0 amide bonds. The lowest BCUT2D eigenvalue weighted by Gasteiger charge is -2.63. The van der Waals surface area contributed by atoms with Crippen molar-refractivity contribution in [1.29, 1.82) is 0 Å². The van der Waals surface area contributed by atoms with Gasteiger partial charge in [0.05, 0.1) is 0 Å². The first-order valence-corrected chi connectivity index (χ1v) is 16.0. The first-order chi connectivity index (χ1) is 20.2. The summed E-state index contributed by atoms with van der Waals surface area (Å²) in [6, 6.07) is 0. The van der Waals surface area contributed by atoms with Crippen molar-refractivity contribution in [2.24, 2.45) is 28.6 Å². The Labute approximate surface area is 254 Å². The van der Waals surface area contributed by atoms with Crippen molar-refractivity contribution in [3.8, 4) is 0 Å². The predicted octanol–water partition coefficient (Wildman–Crippen LogP) is 5.95. The van der Waals surface area contributed by atoms with Crippen LogP contribution in [-0.4, -0.2) is 53.5 Å². The fourth-order valence-electron chi connectivity index (χ4n) is 8.83. The molecular formula is C34H47FO8. The van der Waals surface area contributed by atoms with Gasteiger partial charge in [-0.3, -0.25) is 24.0 Å². The van der Waals surface area contributed by atoms with Gasteiger partial charge in [-0.25, -0.2) is 4.39 Å². The Morgan fingerprint density at radius 2 is 1.70 bits per heavy atom. The zero-order valence-electron chi connectivity index (χ0n) is 26.5. The van der Waals surface area contributed by atoms with Gasteiger partial charge in [0.15, 0.2) is 23.7 Å². The van der Waals surface area contributed by atoms with Gasteiger partial charge in [0, 0.05) is 41.9 Å². The summed E-state index contributed by atoms with van der Waals surface area (Å²) in [4.78, 5) is 64.7. The minimum atomic E-state index is -2.07. The number of allylic oxidation sites excluding steroid dienone is 4. The number of unbranched alkanes of at least 4 members (excludes halogenated alkanes) is 2. The zero-order chi connectivity index (χ0) is 31.8. The summed E-state index contributed by atoms with van der Waals surface area (Å²) in [5, 5.41) is 0. The topological polar surface area (TPSA) is 113 Å². The SMILES string of the molecule is CCCCCC(=O)O[C@H]1C[C@@]2(C)[C@@H](C[C@@H](C)[C@]2(OC(=O)CC)C(=O)COC(=O)CC)[C@@H]2CCC3=CC(=O)C=C[C@]3(C)[C@@]12F. The van der Waals surface area contributed by atoms with Crippen molar-refractivity contribution in [2.45, 2.75) is 123 Å². The number of carbonyl (C=O) groups excluding carboxylic acids is 5. The van der Waals surface area contributed by atoms with E-state index in [2.05, 4.69) is 0 Å². The molecule has 4 aliphatic rings. The number of Topliss-reactive ketones (excluding diaryl/α,β-unsaturated/α-hetero) is 1. The fourth-order valence-corrected chi connectivity index (χ4v) is 8.83. The Morgan fingerprint density at radius 3 is 2.35 bits per heavy atom. The normalized spacial score (nSPS) is 37.8. The highest BCUT2D eigenvalue weighted by Gasteiger charge is 2.78. The number of hydrogen-bond donors (Lipinski definition) is 0. The summed E-state index contributed by atoms with van der Waals surface area (Å²) in [5.74, 6) is -3.98. The highest BCUT2D eigenvalue weighted by Crippen LogP contribution is 2.72. The first-order valence-electron chi connectivity index (χ1n) is 16.0. The zero-order valence-corrected chi connectivity index (χ0v) is 26.5. The molecule has 0 aromatic heterocycles. The van der Waals surface area contributed by atoms with Crippen molar-refractivity contribution in [3.63, 3.8) is 0 Å². The molecule has 0 aromatic carbocycles. The van der Waals surface area contributed by atoms with Crippen LogP contribution in [0.15, 0.2) is 23.8 Å². The van der Waals surface area contributed by atoms with Gasteiger partial charge in [-0.05, 0) is 57.1 Å². The molecule has 0 bridgehead atoms. The van der Waals surface area contributed by atoms with E-state index < -0.39 is 76.3 Å². The number of ether oxygens (including phenoxy) is 3. The van der Waals surface area contributed by atoms with Crippen LogP contribution in [0, 0.1) is 28.6 Å². The smallest absolute Gasteiger partial charge is 0.306 e. The van der Waals surface area contributed by atoms with Gasteiger partial charge in [-0.2, -0.15) is 0 Å². The second-order valence-electron chi connectivity index (χ2n) is 13.3. The number of alkyl halides is 1. The van der Waals surface area contributed by atoms with Crippen LogP contribution in [0.5, 0.6) is 0 Å². The van der Waals surface area contributed by atoms with E-state index in [-0.39, 0.29) is 31.5 Å². The summed E-state index contributed by atoms with van der Waals surface area (Å²) in [6.07, 6.45) is 7.01. The number of rotatable bonds is 11. The minimum Gasteiger partial charge on any atom is -0.459 e. The number of hydrogen-bond acceptors (Lipinski definition) is 8. The standard InChI is InChI=1S/C34H47FO8/c1-7-10-11-12-30(40)42-27-19-32(6)25(24-14-13-22-18-23(36)15-16-31(22,5)33(24,27)35)17-21(4)34(32,43-29(39)9-3)26(37)20-41-28(38)8-2/h15-16,18,21,24-25,27H,7-14,17,19-20H2,1-6H3/t21-,24+,25+,27+,31+,32+,33+,34+/m1/s1. The molecule has 9 heteroatoms. The molecule has 4 rings (SSSR count). The quantitative estimate of drug-likeness (QED) is 0.162. The molecule has 8 nitrogen and oxygen atoms in total. The van der Waals surface area contributed by atoms with Gasteiger partial charge in [0.2, 0.25) is 5.78 Å². The lowest BCUT2D eigenvalue weighted by molar-refractivity contribution is -0.236. The third-order valence-electron chi connectivity index (χ3n) is 11.0. The van der Waals surface area contributed by atoms with E-state index in [1.807, 2.05) is 20.8 Å². The van der Waals surface area contributed by atoms with Crippen molar-refractivity contribution in [1.82, 2.24) is 0 Å². The van der Waals surface area contributed by atoms with E-state index in [1.165, 1.54) is 12.2 Å². The molecule has 0 aromatic rings. The van der Waals surface area contributed by atoms with Crippen molar-refractivity contribution >= 4 is 29.5 Å². The third-order valence-corrected chi connectivity index (χ3v) is 11.0. The van der Waals surface area contributed by atoms with E-state index in [1.54, 1.807) is 26.8 Å². The number of fused-ring (bicyclic) bond motifs is 5. The van der Waals surface area contributed by atoms with E-state index in [0.29, 0.717) is 31.3 Å². The Balaban J connectivity index is 1.85. The Hall–Kier alpha value is -2.84. The molecule has 0 aliphatic heterocycles. The average molecular weight is 603 g/mol. The molecule has 43 heavy (non-hydrogen) atoms. The highest BCUT2D eigenvalue weighted by molar-refractivity contribution is 6.01. The fraction of sp³-hybridized carbons (Fsp3) is 0.735. The van der Waals surface area contributed by atoms with Crippen LogP contribution in [0.1, 0.15) is 106 Å². The molecule has 0 saturated heterocycles. The lowest BCUT2D eigenvalue weighted by atomic mass is 9.44. The van der Waals surface area contributed by atoms with Crippen LogP contribution in [-0.2, 0) is 38.2 Å². The lowest BCUT2D eigenvalue weighted by Crippen LogP contribution is -2.70. The highest BCUT2D eigenvalue weighted by atomic mass is 19.1. The van der Waals surface area contributed by atoms with Gasteiger partial charge in [0.1, 0.15) is 6.10 Å². The van der Waals surface area contributed by atoms with Crippen LogP contribution < -0.4 is 0 Å². The maximum atomic E-state index is 18.4. The minimum absolute atomic E-state index is 0.0224. The molecule has 8 atom stereocenters. The predicted molar refractivity (Wildman–Crippen MR) is 156 cm³/mol. The van der Waals surface area contributed by atoms with E-state index in [0.717, 1.165) is 12.8 Å². The molecule has 0 spiro atoms. The monoisotopic (exact) mass is 602 g/mol. The number of halogens is 1. The number of esters is 3. The van der Waals surface area contributed by atoms with E-state index in [4.69, 9.17) is 14.2 Å². The van der Waals surface area contributed by atoms with Crippen LogP contribution in [0.2, 0.25) is 0 Å². The summed E-state index contributed by atoms with van der Waals surface area (Å²) in [6.45, 7) is 10.1. The Bertz CT molecular complexity index is 1220. The van der Waals surface area contributed by atoms with Gasteiger partial charge < -0.3 is 14.2 Å². The molecule has 238 valence electrons. The Kier molecular flexibility index (Phi) is 9.44. The van der Waals surface area contributed by atoms with Crippen molar-refractivity contribution in [2.75, 3.05) is 6.61 Å². The molecule has 4 aliphatic carbocycles. The first kappa shape index (κ1) is 33.1. The summed E-state index contributed by atoms with van der Waals surface area (Å²) < 4.78 is 35.8. The van der Waals surface area contributed by atoms with Gasteiger partial charge in [0.25, 0.3) is 0 Å². The molecule has 3 saturated carbocycles. The van der Waals surface area contributed by atoms with Crippen molar-refractivity contribution in [3.05, 3.63) is 23.8 Å². The van der Waals surface area contributed by atoms with E-state index in [9.17, 15) is 24.0 Å². The largest absolute Gasteiger partial charge is 0.459 e. The summed E-state index contributed by atoms with van der Waals surface area (Å²) >= 11 is 0. The Morgan fingerprint density at radius 1 is 1.00 bits per heavy atom. The van der Waals surface area contributed by atoms with Crippen LogP contribution in [0.25, 0.3) is 0 Å². The van der Waals surface area contributed by atoms with E-state index >= 15 is 4.39 Å². The summed E-state index contributed by atoms with van der Waals surface area (Å²) in [5.41, 5.74) is -5.42. The summed E-state index contributed by atoms with van der Waals surface area (Å²) in [7, 11) is 0. The number of carbonyl (C=O) groups is 5. The molecule has 0 N–H and O–H groups in total. The third kappa shape index (κ3) is 5.18. The molecule has 3 fully saturated rings.